The number of aryl methyl sites for hydroxylation is 1. The predicted octanol–water partition coefficient (Wildman–Crippen LogP) is -0.349. The number of carbonyl (C=O) groups excluding carboxylic acids is 7. The Bertz CT molecular complexity index is 1370. The molecule has 44 heavy (non-hydrogen) atoms. The van der Waals surface area contributed by atoms with Crippen molar-refractivity contribution in [3.05, 3.63) is 77.9 Å². The minimum Gasteiger partial charge on any atom is -0.355 e. The normalized spacial score (nSPS) is 12.8. The molecule has 13 heteroatoms. The van der Waals surface area contributed by atoms with Crippen LogP contribution >= 0.6 is 0 Å². The van der Waals surface area contributed by atoms with Gasteiger partial charge >= 0.3 is 0 Å². The highest BCUT2D eigenvalue weighted by molar-refractivity contribution is 6.28. The largest absolute Gasteiger partial charge is 0.355 e. The van der Waals surface area contributed by atoms with E-state index >= 15 is 0 Å². The van der Waals surface area contributed by atoms with Crippen LogP contribution in [0.3, 0.4) is 0 Å². The Morgan fingerprint density at radius 2 is 1.27 bits per heavy atom. The van der Waals surface area contributed by atoms with Crippen molar-refractivity contribution in [1.29, 1.82) is 0 Å². The molecular formula is C31H36N6O7. The fourth-order valence-electron chi connectivity index (χ4n) is 4.15. The van der Waals surface area contributed by atoms with E-state index in [1.807, 2.05) is 13.0 Å². The molecule has 5 N–H and O–H groups in total. The van der Waals surface area contributed by atoms with Gasteiger partial charge in [-0.25, -0.2) is 4.90 Å². The first-order valence-corrected chi connectivity index (χ1v) is 14.2. The first kappa shape index (κ1) is 33.2. The third-order valence-electron chi connectivity index (χ3n) is 6.47. The van der Waals surface area contributed by atoms with E-state index in [0.717, 1.165) is 22.4 Å². The fourth-order valence-corrected chi connectivity index (χ4v) is 4.15. The Balaban J connectivity index is 1.39. The molecular weight excluding hydrogens is 568 g/mol. The first-order chi connectivity index (χ1) is 21.2. The van der Waals surface area contributed by atoms with Crippen molar-refractivity contribution in [2.45, 2.75) is 38.6 Å². The predicted molar refractivity (Wildman–Crippen MR) is 161 cm³/mol. The molecule has 0 aliphatic carbocycles. The Morgan fingerprint density at radius 1 is 0.682 bits per heavy atom. The summed E-state index contributed by atoms with van der Waals surface area (Å²) in [5.41, 5.74) is 2.02. The zero-order valence-electron chi connectivity index (χ0n) is 24.4. The maximum atomic E-state index is 12.8. The first-order valence-electron chi connectivity index (χ1n) is 14.2. The SMILES string of the molecule is CCCNC(=O)CNC(=O)[C@H](Cc1ccccc1)NC(=O)CNC(=O)CNC(=O)CCc1ccc(N2C(=O)C=CC2=O)cc1. The molecule has 0 bridgehead atoms. The van der Waals surface area contributed by atoms with Crippen molar-refractivity contribution in [1.82, 2.24) is 26.6 Å². The van der Waals surface area contributed by atoms with Gasteiger partial charge in [-0.1, -0.05) is 49.4 Å². The molecule has 1 heterocycles. The van der Waals surface area contributed by atoms with Crippen molar-refractivity contribution in [2.75, 3.05) is 31.1 Å². The van der Waals surface area contributed by atoms with Gasteiger partial charge in [0.2, 0.25) is 29.5 Å². The highest BCUT2D eigenvalue weighted by atomic mass is 16.2. The Morgan fingerprint density at radius 3 is 1.93 bits per heavy atom. The number of amides is 7. The van der Waals surface area contributed by atoms with Crippen LogP contribution < -0.4 is 31.5 Å². The van der Waals surface area contributed by atoms with Crippen LogP contribution in [0.5, 0.6) is 0 Å². The van der Waals surface area contributed by atoms with Gasteiger partial charge in [-0.15, -0.1) is 0 Å². The van der Waals surface area contributed by atoms with Crippen LogP contribution in [0.2, 0.25) is 0 Å². The molecule has 2 aromatic rings. The lowest BCUT2D eigenvalue weighted by Crippen LogP contribution is -2.52. The van der Waals surface area contributed by atoms with E-state index < -0.39 is 42.1 Å². The summed E-state index contributed by atoms with van der Waals surface area (Å²) in [7, 11) is 0. The zero-order chi connectivity index (χ0) is 31.9. The molecule has 0 aromatic heterocycles. The molecule has 2 aromatic carbocycles. The molecule has 0 saturated heterocycles. The highest BCUT2D eigenvalue weighted by Gasteiger charge is 2.25. The quantitative estimate of drug-likeness (QED) is 0.162. The summed E-state index contributed by atoms with van der Waals surface area (Å²) < 4.78 is 0. The Labute approximate surface area is 254 Å². The summed E-state index contributed by atoms with van der Waals surface area (Å²) in [6.45, 7) is 1.38. The number of carbonyl (C=O) groups is 7. The van der Waals surface area contributed by atoms with E-state index in [9.17, 15) is 33.6 Å². The lowest BCUT2D eigenvalue weighted by atomic mass is 10.1. The number of nitrogens with zero attached hydrogens (tertiary/aromatic N) is 1. The van der Waals surface area contributed by atoms with Gasteiger partial charge in [0.05, 0.1) is 25.3 Å². The molecule has 3 rings (SSSR count). The lowest BCUT2D eigenvalue weighted by Gasteiger charge is -2.19. The summed E-state index contributed by atoms with van der Waals surface area (Å²) in [5, 5.41) is 12.7. The molecule has 0 unspecified atom stereocenters. The monoisotopic (exact) mass is 604 g/mol. The topological polar surface area (TPSA) is 183 Å². The standard InChI is InChI=1S/C31H36N6O7/c1-2-16-32-26(39)19-35-31(44)24(17-22-6-4-3-5-7-22)36-28(41)20-34-27(40)18-33-25(38)13-10-21-8-11-23(12-9-21)37-29(42)14-15-30(37)43/h3-9,11-12,14-15,24H,2,10,13,16-20H2,1H3,(H,32,39)(H,33,38)(H,34,40)(H,35,44)(H,36,41)/t24-/m0/s1. The molecule has 0 radical (unpaired) electrons. The van der Waals surface area contributed by atoms with Crippen LogP contribution in [0.4, 0.5) is 5.69 Å². The molecule has 1 atom stereocenters. The van der Waals surface area contributed by atoms with E-state index in [0.29, 0.717) is 18.7 Å². The van der Waals surface area contributed by atoms with Gasteiger partial charge in [-0.2, -0.15) is 0 Å². The number of nitrogens with one attached hydrogen (secondary N) is 5. The van der Waals surface area contributed by atoms with Gasteiger partial charge in [0.25, 0.3) is 11.8 Å². The number of imide groups is 1. The third kappa shape index (κ3) is 10.8. The summed E-state index contributed by atoms with van der Waals surface area (Å²) >= 11 is 0. The molecule has 1 aliphatic rings. The van der Waals surface area contributed by atoms with E-state index in [-0.39, 0.29) is 37.7 Å². The van der Waals surface area contributed by atoms with E-state index in [2.05, 4.69) is 26.6 Å². The third-order valence-corrected chi connectivity index (χ3v) is 6.47. The Hall–Kier alpha value is -5.33. The zero-order valence-corrected chi connectivity index (χ0v) is 24.4. The van der Waals surface area contributed by atoms with Crippen LogP contribution in [0, 0.1) is 0 Å². The molecule has 0 spiro atoms. The van der Waals surface area contributed by atoms with Crippen LogP contribution in [-0.2, 0) is 46.4 Å². The number of hydrogen-bond acceptors (Lipinski definition) is 7. The summed E-state index contributed by atoms with van der Waals surface area (Å²) in [5.74, 6) is -3.32. The second-order valence-corrected chi connectivity index (χ2v) is 9.94. The number of rotatable bonds is 16. The highest BCUT2D eigenvalue weighted by Crippen LogP contribution is 2.20. The Kier molecular flexibility index (Phi) is 12.8. The van der Waals surface area contributed by atoms with Gasteiger partial charge in [0.1, 0.15) is 6.04 Å². The number of benzene rings is 2. The van der Waals surface area contributed by atoms with Crippen LogP contribution in [0.1, 0.15) is 30.9 Å². The van der Waals surface area contributed by atoms with Gasteiger partial charge in [-0.3, -0.25) is 33.6 Å². The van der Waals surface area contributed by atoms with Crippen molar-refractivity contribution in [3.8, 4) is 0 Å². The van der Waals surface area contributed by atoms with Crippen LogP contribution in [-0.4, -0.2) is 73.6 Å². The molecule has 7 amide bonds. The van der Waals surface area contributed by atoms with Crippen LogP contribution in [0.25, 0.3) is 0 Å². The molecule has 0 fully saturated rings. The second kappa shape index (κ2) is 16.9. The second-order valence-electron chi connectivity index (χ2n) is 9.94. The minimum atomic E-state index is -0.984. The van der Waals surface area contributed by atoms with Gasteiger partial charge in [0.15, 0.2) is 0 Å². The maximum absolute atomic E-state index is 12.8. The van der Waals surface area contributed by atoms with Crippen molar-refractivity contribution in [3.63, 3.8) is 0 Å². The number of anilines is 1. The van der Waals surface area contributed by atoms with E-state index in [1.165, 1.54) is 12.2 Å². The van der Waals surface area contributed by atoms with E-state index in [4.69, 9.17) is 0 Å². The minimum absolute atomic E-state index is 0.0863. The fraction of sp³-hybridized carbons (Fsp3) is 0.323. The summed E-state index contributed by atoms with van der Waals surface area (Å²) in [6.07, 6.45) is 3.77. The van der Waals surface area contributed by atoms with E-state index in [1.54, 1.807) is 48.5 Å². The van der Waals surface area contributed by atoms with Gasteiger partial charge in [0, 0.05) is 31.5 Å². The molecule has 13 nitrogen and oxygen atoms in total. The van der Waals surface area contributed by atoms with Crippen LogP contribution in [0.15, 0.2) is 66.7 Å². The summed E-state index contributed by atoms with van der Waals surface area (Å²) in [6, 6.07) is 14.7. The molecule has 1 aliphatic heterocycles. The number of hydrogen-bond donors (Lipinski definition) is 5. The lowest BCUT2D eigenvalue weighted by molar-refractivity contribution is -0.131. The molecule has 232 valence electrons. The average molecular weight is 605 g/mol. The average Bonchev–Trinajstić information content (AvgIpc) is 3.37. The smallest absolute Gasteiger partial charge is 0.258 e. The summed E-state index contributed by atoms with van der Waals surface area (Å²) in [4.78, 5) is 86.3. The van der Waals surface area contributed by atoms with Gasteiger partial charge in [-0.05, 0) is 36.1 Å². The maximum Gasteiger partial charge on any atom is 0.258 e. The van der Waals surface area contributed by atoms with Crippen molar-refractivity contribution < 1.29 is 33.6 Å². The van der Waals surface area contributed by atoms with Crippen molar-refractivity contribution in [2.24, 2.45) is 0 Å². The van der Waals surface area contributed by atoms with Gasteiger partial charge < -0.3 is 26.6 Å². The molecule has 0 saturated carbocycles. The van der Waals surface area contributed by atoms with Crippen molar-refractivity contribution >= 4 is 47.0 Å².